The average Bonchev–Trinajstić information content (AvgIpc) is 2.39. The fraction of sp³-hybridized carbons (Fsp3) is 0.0667. The van der Waals surface area contributed by atoms with Crippen molar-refractivity contribution in [3.05, 3.63) is 58.7 Å². The lowest BCUT2D eigenvalue weighted by molar-refractivity contribution is 1.26. The summed E-state index contributed by atoms with van der Waals surface area (Å²) in [5.41, 5.74) is 4.07. The molecule has 0 spiro atoms. The molecule has 0 aliphatic carbocycles. The lowest BCUT2D eigenvalue weighted by Gasteiger charge is -2.07. The fourth-order valence-corrected chi connectivity index (χ4v) is 2.28. The Labute approximate surface area is 114 Å². The molecule has 0 atom stereocenters. The predicted octanol–water partition coefficient (Wildman–Crippen LogP) is 4.37. The van der Waals surface area contributed by atoms with Crippen LogP contribution < -0.4 is 0 Å². The Morgan fingerprint density at radius 3 is 2.61 bits per heavy atom. The molecule has 0 fully saturated rings. The summed E-state index contributed by atoms with van der Waals surface area (Å²) in [7, 11) is 0. The van der Waals surface area contributed by atoms with Crippen LogP contribution in [-0.2, 0) is 0 Å². The van der Waals surface area contributed by atoms with E-state index >= 15 is 0 Å². The second-order valence-electron chi connectivity index (χ2n) is 4.21. The van der Waals surface area contributed by atoms with Crippen molar-refractivity contribution >= 4 is 27.0 Å². The van der Waals surface area contributed by atoms with Crippen LogP contribution >= 0.6 is 15.9 Å². The summed E-state index contributed by atoms with van der Waals surface area (Å²) in [6.45, 7) is 2.08. The molecule has 2 aromatic heterocycles. The Balaban J connectivity index is 2.22. The molecule has 88 valence electrons. The van der Waals surface area contributed by atoms with Crippen molar-refractivity contribution in [2.24, 2.45) is 0 Å². The van der Waals surface area contributed by atoms with Gasteiger partial charge >= 0.3 is 0 Å². The van der Waals surface area contributed by atoms with E-state index in [9.17, 15) is 0 Å². The molecule has 3 aromatic rings. The number of nitrogens with zero attached hydrogens (tertiary/aromatic N) is 2. The molecule has 0 aliphatic rings. The molecular weight excluding hydrogens is 288 g/mol. The maximum atomic E-state index is 4.65. The molecule has 0 amide bonds. The van der Waals surface area contributed by atoms with Crippen molar-refractivity contribution in [3.63, 3.8) is 0 Å². The highest BCUT2D eigenvalue weighted by molar-refractivity contribution is 9.10. The summed E-state index contributed by atoms with van der Waals surface area (Å²) in [5.74, 6) is 0. The summed E-state index contributed by atoms with van der Waals surface area (Å²) >= 11 is 3.44. The van der Waals surface area contributed by atoms with E-state index in [1.807, 2.05) is 24.3 Å². The highest BCUT2D eigenvalue weighted by atomic mass is 79.9. The minimum atomic E-state index is 0.793. The molecule has 0 radical (unpaired) electrons. The summed E-state index contributed by atoms with van der Waals surface area (Å²) in [6, 6.07) is 14.3. The standard InChI is InChI=1S/C15H11BrN2/c1-10-9-12-3-2-8-17-15(12)18-14(10)11-4-6-13(16)7-5-11/h2-9H,1H3. The minimum absolute atomic E-state index is 0.793. The van der Waals surface area contributed by atoms with Crippen LogP contribution in [0.4, 0.5) is 0 Å². The van der Waals surface area contributed by atoms with Gasteiger partial charge in [-0.1, -0.05) is 28.1 Å². The van der Waals surface area contributed by atoms with Crippen molar-refractivity contribution in [3.8, 4) is 11.3 Å². The lowest BCUT2D eigenvalue weighted by Crippen LogP contribution is -1.91. The first-order chi connectivity index (χ1) is 8.74. The molecule has 0 unspecified atom stereocenters. The van der Waals surface area contributed by atoms with Gasteiger partial charge < -0.3 is 0 Å². The van der Waals surface area contributed by atoms with Gasteiger partial charge in [-0.05, 0) is 42.8 Å². The zero-order valence-electron chi connectivity index (χ0n) is 9.89. The van der Waals surface area contributed by atoms with Crippen LogP contribution in [0, 0.1) is 6.92 Å². The van der Waals surface area contributed by atoms with Gasteiger partial charge in [0.15, 0.2) is 5.65 Å². The van der Waals surface area contributed by atoms with Crippen molar-refractivity contribution in [2.45, 2.75) is 6.92 Å². The van der Waals surface area contributed by atoms with E-state index in [0.717, 1.165) is 32.3 Å². The van der Waals surface area contributed by atoms with Crippen molar-refractivity contribution in [1.29, 1.82) is 0 Å². The summed E-state index contributed by atoms with van der Waals surface area (Å²) in [6.07, 6.45) is 1.77. The molecule has 3 heteroatoms. The molecule has 0 aliphatic heterocycles. The van der Waals surface area contributed by atoms with Gasteiger partial charge in [-0.25, -0.2) is 9.97 Å². The zero-order chi connectivity index (χ0) is 12.5. The highest BCUT2D eigenvalue weighted by Gasteiger charge is 2.06. The molecule has 2 nitrogen and oxygen atoms in total. The number of halogens is 1. The maximum Gasteiger partial charge on any atom is 0.159 e. The van der Waals surface area contributed by atoms with Gasteiger partial charge in [-0.3, -0.25) is 0 Å². The number of hydrogen-bond acceptors (Lipinski definition) is 2. The molecule has 18 heavy (non-hydrogen) atoms. The number of aryl methyl sites for hydroxylation is 1. The molecule has 0 saturated heterocycles. The van der Waals surface area contributed by atoms with E-state index in [4.69, 9.17) is 0 Å². The number of benzene rings is 1. The van der Waals surface area contributed by atoms with Crippen LogP contribution in [0.3, 0.4) is 0 Å². The van der Waals surface area contributed by atoms with E-state index in [1.165, 1.54) is 0 Å². The van der Waals surface area contributed by atoms with Gasteiger partial charge in [0, 0.05) is 21.6 Å². The molecule has 1 aromatic carbocycles. The Bertz CT molecular complexity index is 705. The first kappa shape index (κ1) is 11.4. The van der Waals surface area contributed by atoms with Crippen LogP contribution in [0.25, 0.3) is 22.3 Å². The fourth-order valence-electron chi connectivity index (χ4n) is 2.01. The normalized spacial score (nSPS) is 10.8. The van der Waals surface area contributed by atoms with Crippen molar-refractivity contribution in [2.75, 3.05) is 0 Å². The Hall–Kier alpha value is -1.74. The first-order valence-corrected chi connectivity index (χ1v) is 6.52. The number of pyridine rings is 2. The van der Waals surface area contributed by atoms with Gasteiger partial charge in [0.05, 0.1) is 5.69 Å². The van der Waals surface area contributed by atoms with Gasteiger partial charge in [0.25, 0.3) is 0 Å². The van der Waals surface area contributed by atoms with Gasteiger partial charge in [-0.2, -0.15) is 0 Å². The van der Waals surface area contributed by atoms with Crippen molar-refractivity contribution in [1.82, 2.24) is 9.97 Å². The minimum Gasteiger partial charge on any atom is -0.237 e. The van der Waals surface area contributed by atoms with E-state index in [2.05, 4.69) is 51.0 Å². The second-order valence-corrected chi connectivity index (χ2v) is 5.13. The van der Waals surface area contributed by atoms with Crippen LogP contribution in [0.1, 0.15) is 5.56 Å². The molecule has 2 heterocycles. The van der Waals surface area contributed by atoms with E-state index in [-0.39, 0.29) is 0 Å². The summed E-state index contributed by atoms with van der Waals surface area (Å²) < 4.78 is 1.07. The Morgan fingerprint density at radius 1 is 1.06 bits per heavy atom. The van der Waals surface area contributed by atoms with Crippen LogP contribution in [-0.4, -0.2) is 9.97 Å². The van der Waals surface area contributed by atoms with E-state index < -0.39 is 0 Å². The highest BCUT2D eigenvalue weighted by Crippen LogP contribution is 2.25. The zero-order valence-corrected chi connectivity index (χ0v) is 11.5. The molecule has 0 bridgehead atoms. The number of rotatable bonds is 1. The summed E-state index contributed by atoms with van der Waals surface area (Å²) in [5, 5.41) is 1.08. The smallest absolute Gasteiger partial charge is 0.159 e. The molecule has 3 rings (SSSR count). The van der Waals surface area contributed by atoms with Crippen LogP contribution in [0.15, 0.2) is 53.1 Å². The van der Waals surface area contributed by atoms with Gasteiger partial charge in [0.1, 0.15) is 0 Å². The van der Waals surface area contributed by atoms with Gasteiger partial charge in [0.2, 0.25) is 0 Å². The number of fused-ring (bicyclic) bond motifs is 1. The van der Waals surface area contributed by atoms with E-state index in [0.29, 0.717) is 0 Å². The first-order valence-electron chi connectivity index (χ1n) is 5.72. The number of hydrogen-bond donors (Lipinski definition) is 0. The molecule has 0 saturated carbocycles. The van der Waals surface area contributed by atoms with Crippen LogP contribution in [0.2, 0.25) is 0 Å². The quantitative estimate of drug-likeness (QED) is 0.667. The third-order valence-electron chi connectivity index (χ3n) is 2.90. The summed E-state index contributed by atoms with van der Waals surface area (Å²) in [4.78, 5) is 8.95. The maximum absolute atomic E-state index is 4.65. The third kappa shape index (κ3) is 2.02. The monoisotopic (exact) mass is 298 g/mol. The molecular formula is C15H11BrN2. The molecule has 0 N–H and O–H groups in total. The number of aromatic nitrogens is 2. The largest absolute Gasteiger partial charge is 0.237 e. The second kappa shape index (κ2) is 4.50. The van der Waals surface area contributed by atoms with Gasteiger partial charge in [-0.15, -0.1) is 0 Å². The Kier molecular flexibility index (Phi) is 2.84. The third-order valence-corrected chi connectivity index (χ3v) is 3.43. The Morgan fingerprint density at radius 2 is 1.83 bits per heavy atom. The van der Waals surface area contributed by atoms with E-state index in [1.54, 1.807) is 6.20 Å². The van der Waals surface area contributed by atoms with Crippen molar-refractivity contribution < 1.29 is 0 Å². The lowest BCUT2D eigenvalue weighted by atomic mass is 10.1. The topological polar surface area (TPSA) is 25.8 Å². The SMILES string of the molecule is Cc1cc2cccnc2nc1-c1ccc(Br)cc1. The predicted molar refractivity (Wildman–Crippen MR) is 77.4 cm³/mol. The average molecular weight is 299 g/mol. The van der Waals surface area contributed by atoms with Crippen LogP contribution in [0.5, 0.6) is 0 Å².